The molecule has 0 amide bonds. The summed E-state index contributed by atoms with van der Waals surface area (Å²) in [6.45, 7) is 2.93. The van der Waals surface area contributed by atoms with Crippen LogP contribution in [0.4, 0.5) is 0 Å². The molecule has 0 aliphatic heterocycles. The van der Waals surface area contributed by atoms with Crippen LogP contribution in [0.3, 0.4) is 0 Å². The van der Waals surface area contributed by atoms with Gasteiger partial charge in [-0.1, -0.05) is 18.5 Å². The molecule has 1 unspecified atom stereocenters. The van der Waals surface area contributed by atoms with E-state index in [1.54, 1.807) is 23.9 Å². The van der Waals surface area contributed by atoms with E-state index in [1.807, 2.05) is 17.5 Å². The summed E-state index contributed by atoms with van der Waals surface area (Å²) < 4.78 is 0. The Hall–Kier alpha value is -0.970. The van der Waals surface area contributed by atoms with Gasteiger partial charge in [0.2, 0.25) is 0 Å². The molecule has 0 aliphatic rings. The molecule has 0 radical (unpaired) electrons. The molecule has 1 N–H and O–H groups in total. The Morgan fingerprint density at radius 3 is 2.94 bits per heavy atom. The fourth-order valence-corrected chi connectivity index (χ4v) is 2.77. The Bertz CT molecular complexity index is 444. The van der Waals surface area contributed by atoms with Gasteiger partial charge in [-0.3, -0.25) is 0 Å². The zero-order valence-corrected chi connectivity index (χ0v) is 10.4. The molecule has 16 heavy (non-hydrogen) atoms. The smallest absolute Gasteiger partial charge is 0.115 e. The number of rotatable bonds is 4. The Morgan fingerprint density at radius 2 is 2.38 bits per heavy atom. The van der Waals surface area contributed by atoms with Gasteiger partial charge in [-0.05, 0) is 24.1 Å². The normalized spacial score (nSPS) is 12.6. The van der Waals surface area contributed by atoms with Crippen LogP contribution in [-0.4, -0.2) is 16.5 Å². The third-order valence-electron chi connectivity index (χ3n) is 2.22. The van der Waals surface area contributed by atoms with E-state index in [-0.39, 0.29) is 6.04 Å². The molecule has 2 aromatic heterocycles. The Labute approximate surface area is 104 Å². The predicted molar refractivity (Wildman–Crippen MR) is 66.9 cm³/mol. The maximum Gasteiger partial charge on any atom is 0.115 e. The first-order valence-electron chi connectivity index (χ1n) is 5.05. The number of hydrogen-bond acceptors (Lipinski definition) is 4. The first-order chi connectivity index (χ1) is 7.83. The number of aromatic nitrogens is 2. The van der Waals surface area contributed by atoms with Crippen LogP contribution < -0.4 is 5.32 Å². The van der Waals surface area contributed by atoms with Crippen molar-refractivity contribution in [3.63, 3.8) is 0 Å². The first-order valence-corrected chi connectivity index (χ1v) is 6.31. The zero-order chi connectivity index (χ0) is 11.4. The lowest BCUT2D eigenvalue weighted by Crippen LogP contribution is -2.22. The largest absolute Gasteiger partial charge is 0.305 e. The molecule has 2 heterocycles. The molecule has 0 saturated heterocycles. The van der Waals surface area contributed by atoms with Crippen molar-refractivity contribution < 1.29 is 0 Å². The maximum absolute atomic E-state index is 6.15. The molecule has 0 aromatic carbocycles. The minimum Gasteiger partial charge on any atom is -0.305 e. The van der Waals surface area contributed by atoms with Crippen molar-refractivity contribution in [2.24, 2.45) is 0 Å². The van der Waals surface area contributed by atoms with Crippen LogP contribution in [0.25, 0.3) is 0 Å². The molecular weight excluding hydrogens is 242 g/mol. The van der Waals surface area contributed by atoms with Crippen LogP contribution in [0.1, 0.15) is 23.5 Å². The monoisotopic (exact) mass is 253 g/mol. The molecule has 0 aliphatic carbocycles. The van der Waals surface area contributed by atoms with E-state index in [4.69, 9.17) is 11.6 Å². The van der Waals surface area contributed by atoms with Crippen molar-refractivity contribution in [3.8, 4) is 0 Å². The molecule has 5 heteroatoms. The second-order valence-electron chi connectivity index (χ2n) is 3.26. The molecule has 0 fully saturated rings. The molecule has 3 nitrogen and oxygen atoms in total. The van der Waals surface area contributed by atoms with Crippen molar-refractivity contribution in [1.82, 2.24) is 15.3 Å². The lowest BCUT2D eigenvalue weighted by atomic mass is 10.1. The number of nitrogens with zero attached hydrogens (tertiary/aromatic N) is 2. The lowest BCUT2D eigenvalue weighted by molar-refractivity contribution is 0.622. The highest BCUT2D eigenvalue weighted by Crippen LogP contribution is 2.31. The Balaban J connectivity index is 2.35. The van der Waals surface area contributed by atoms with Gasteiger partial charge < -0.3 is 5.32 Å². The summed E-state index contributed by atoms with van der Waals surface area (Å²) in [6.07, 6.45) is 3.30. The topological polar surface area (TPSA) is 37.8 Å². The average Bonchev–Trinajstić information content (AvgIpc) is 2.73. The Kier molecular flexibility index (Phi) is 3.88. The summed E-state index contributed by atoms with van der Waals surface area (Å²) in [5, 5.41) is 6.15. The summed E-state index contributed by atoms with van der Waals surface area (Å²) in [7, 11) is 0. The van der Waals surface area contributed by atoms with Crippen molar-refractivity contribution in [3.05, 3.63) is 45.6 Å². The standard InChI is InChI=1S/C11H12ClN3S/c1-2-14-10(9-3-5-13-7-15-9)11-8(12)4-6-16-11/h3-7,10,14H,2H2,1H3. The fourth-order valence-electron chi connectivity index (χ4n) is 1.52. The molecular formula is C11H12ClN3S. The van der Waals surface area contributed by atoms with E-state index in [1.165, 1.54) is 0 Å². The van der Waals surface area contributed by atoms with Crippen LogP contribution in [0.5, 0.6) is 0 Å². The molecule has 2 aromatic rings. The van der Waals surface area contributed by atoms with Gasteiger partial charge in [-0.25, -0.2) is 9.97 Å². The second-order valence-corrected chi connectivity index (χ2v) is 4.61. The summed E-state index contributed by atoms with van der Waals surface area (Å²) >= 11 is 7.78. The third kappa shape index (κ3) is 2.40. The van der Waals surface area contributed by atoms with Crippen LogP contribution in [0.2, 0.25) is 5.02 Å². The lowest BCUT2D eigenvalue weighted by Gasteiger charge is -2.16. The van der Waals surface area contributed by atoms with Crippen molar-refractivity contribution >= 4 is 22.9 Å². The van der Waals surface area contributed by atoms with Gasteiger partial charge in [0.25, 0.3) is 0 Å². The molecule has 2 rings (SSSR count). The van der Waals surface area contributed by atoms with Crippen LogP contribution in [0.15, 0.2) is 30.0 Å². The molecule has 1 atom stereocenters. The maximum atomic E-state index is 6.15. The summed E-state index contributed by atoms with van der Waals surface area (Å²) in [6, 6.07) is 3.87. The molecule has 84 valence electrons. The molecule has 0 saturated carbocycles. The highest BCUT2D eigenvalue weighted by molar-refractivity contribution is 7.10. The fraction of sp³-hybridized carbons (Fsp3) is 0.273. The summed E-state index contributed by atoms with van der Waals surface area (Å²) in [5.74, 6) is 0. The number of thiophene rings is 1. The van der Waals surface area contributed by atoms with E-state index < -0.39 is 0 Å². The van der Waals surface area contributed by atoms with E-state index >= 15 is 0 Å². The van der Waals surface area contributed by atoms with Crippen molar-refractivity contribution in [2.45, 2.75) is 13.0 Å². The molecule has 0 spiro atoms. The van der Waals surface area contributed by atoms with Crippen LogP contribution >= 0.6 is 22.9 Å². The van der Waals surface area contributed by atoms with Gasteiger partial charge in [0.1, 0.15) is 6.33 Å². The summed E-state index contributed by atoms with van der Waals surface area (Å²) in [4.78, 5) is 9.29. The second kappa shape index (κ2) is 5.39. The first kappa shape index (κ1) is 11.5. The average molecular weight is 254 g/mol. The van der Waals surface area contributed by atoms with Crippen molar-refractivity contribution in [1.29, 1.82) is 0 Å². The predicted octanol–water partition coefficient (Wildman–Crippen LogP) is 2.89. The minimum absolute atomic E-state index is 0.0560. The summed E-state index contributed by atoms with van der Waals surface area (Å²) in [5.41, 5.74) is 0.946. The molecule has 0 bridgehead atoms. The Morgan fingerprint density at radius 1 is 1.50 bits per heavy atom. The highest BCUT2D eigenvalue weighted by atomic mass is 35.5. The van der Waals surface area contributed by atoms with E-state index in [0.717, 1.165) is 22.1 Å². The van der Waals surface area contributed by atoms with Gasteiger partial charge in [0.15, 0.2) is 0 Å². The van der Waals surface area contributed by atoms with Gasteiger partial charge in [-0.2, -0.15) is 0 Å². The third-order valence-corrected chi connectivity index (χ3v) is 3.64. The van der Waals surface area contributed by atoms with Gasteiger partial charge in [0.05, 0.1) is 16.8 Å². The SMILES string of the molecule is CCNC(c1ccncn1)c1sccc1Cl. The van der Waals surface area contributed by atoms with Crippen LogP contribution in [-0.2, 0) is 0 Å². The van der Waals surface area contributed by atoms with E-state index in [0.29, 0.717) is 0 Å². The van der Waals surface area contributed by atoms with Crippen LogP contribution in [0, 0.1) is 0 Å². The number of halogens is 1. The van der Waals surface area contributed by atoms with E-state index in [2.05, 4.69) is 22.2 Å². The van der Waals surface area contributed by atoms with Gasteiger partial charge >= 0.3 is 0 Å². The van der Waals surface area contributed by atoms with E-state index in [9.17, 15) is 0 Å². The number of hydrogen-bond donors (Lipinski definition) is 1. The van der Waals surface area contributed by atoms with Crippen molar-refractivity contribution in [2.75, 3.05) is 6.54 Å². The van der Waals surface area contributed by atoms with Gasteiger partial charge in [-0.15, -0.1) is 11.3 Å². The minimum atomic E-state index is 0.0560. The zero-order valence-electron chi connectivity index (χ0n) is 8.85. The highest BCUT2D eigenvalue weighted by Gasteiger charge is 2.18. The van der Waals surface area contributed by atoms with Gasteiger partial charge in [0, 0.05) is 11.1 Å². The number of nitrogens with one attached hydrogen (secondary N) is 1. The quantitative estimate of drug-likeness (QED) is 0.911.